The summed E-state index contributed by atoms with van der Waals surface area (Å²) in [6, 6.07) is 8.36. The van der Waals surface area contributed by atoms with Crippen LogP contribution in [0.1, 0.15) is 23.0 Å². The van der Waals surface area contributed by atoms with Gasteiger partial charge >= 0.3 is 0 Å². The molecule has 1 N–H and O–H groups in total. The summed E-state index contributed by atoms with van der Waals surface area (Å²) in [5, 5.41) is 6.28. The van der Waals surface area contributed by atoms with Crippen molar-refractivity contribution in [1.82, 2.24) is 10.1 Å². The molecule has 1 heterocycles. The SMILES string of the molecule is CCN(CC(=O)Nc1cc(C)on1)C(=O)c1ccc(OC)cc1. The molecule has 0 radical (unpaired) electrons. The highest BCUT2D eigenvalue weighted by Crippen LogP contribution is 2.13. The first kappa shape index (κ1) is 16.5. The lowest BCUT2D eigenvalue weighted by atomic mass is 10.2. The van der Waals surface area contributed by atoms with E-state index in [0.717, 1.165) is 0 Å². The van der Waals surface area contributed by atoms with Gasteiger partial charge in [0.05, 0.1) is 7.11 Å². The molecule has 0 saturated carbocycles. The Labute approximate surface area is 134 Å². The Balaban J connectivity index is 2.00. The van der Waals surface area contributed by atoms with E-state index in [-0.39, 0.29) is 18.4 Å². The molecule has 2 amide bonds. The Morgan fingerprint density at radius 2 is 2.00 bits per heavy atom. The van der Waals surface area contributed by atoms with Crippen LogP contribution in [0.4, 0.5) is 5.82 Å². The van der Waals surface area contributed by atoms with Crippen LogP contribution in [0.15, 0.2) is 34.9 Å². The zero-order valence-corrected chi connectivity index (χ0v) is 13.3. The molecule has 23 heavy (non-hydrogen) atoms. The monoisotopic (exact) mass is 317 g/mol. The summed E-state index contributed by atoms with van der Waals surface area (Å²) < 4.78 is 9.94. The minimum absolute atomic E-state index is 0.0622. The summed E-state index contributed by atoms with van der Waals surface area (Å²) in [5.74, 6) is 1.05. The molecule has 0 aliphatic heterocycles. The Kier molecular flexibility index (Phi) is 5.35. The van der Waals surface area contributed by atoms with Crippen molar-refractivity contribution in [1.29, 1.82) is 0 Å². The van der Waals surface area contributed by atoms with Crippen LogP contribution in [-0.2, 0) is 4.79 Å². The predicted molar refractivity (Wildman–Crippen MR) is 84.4 cm³/mol. The number of carbonyl (C=O) groups is 2. The summed E-state index contributed by atoms with van der Waals surface area (Å²) >= 11 is 0. The summed E-state index contributed by atoms with van der Waals surface area (Å²) in [6.45, 7) is 3.90. The number of methoxy groups -OCH3 is 1. The number of rotatable bonds is 6. The Morgan fingerprint density at radius 3 is 2.52 bits per heavy atom. The summed E-state index contributed by atoms with van der Waals surface area (Å²) in [7, 11) is 1.56. The maximum absolute atomic E-state index is 12.4. The average molecular weight is 317 g/mol. The van der Waals surface area contributed by atoms with Gasteiger partial charge < -0.3 is 19.5 Å². The minimum atomic E-state index is -0.331. The Hall–Kier alpha value is -2.83. The van der Waals surface area contributed by atoms with Gasteiger partial charge in [0.15, 0.2) is 5.82 Å². The van der Waals surface area contributed by atoms with E-state index in [1.807, 2.05) is 6.92 Å². The summed E-state index contributed by atoms with van der Waals surface area (Å²) in [6.07, 6.45) is 0. The van der Waals surface area contributed by atoms with E-state index in [4.69, 9.17) is 9.26 Å². The number of benzene rings is 1. The molecule has 0 saturated heterocycles. The third-order valence-electron chi connectivity index (χ3n) is 3.24. The third-order valence-corrected chi connectivity index (χ3v) is 3.24. The van der Waals surface area contributed by atoms with E-state index >= 15 is 0 Å². The topological polar surface area (TPSA) is 84.7 Å². The molecule has 1 aromatic carbocycles. The molecular weight excluding hydrogens is 298 g/mol. The Bertz CT molecular complexity index is 679. The fraction of sp³-hybridized carbons (Fsp3) is 0.312. The Morgan fingerprint density at radius 1 is 1.30 bits per heavy atom. The third kappa shape index (κ3) is 4.32. The smallest absolute Gasteiger partial charge is 0.254 e. The summed E-state index contributed by atoms with van der Waals surface area (Å²) in [5.41, 5.74) is 0.498. The molecule has 0 bridgehead atoms. The van der Waals surface area contributed by atoms with Crippen molar-refractivity contribution < 1.29 is 18.8 Å². The molecule has 0 fully saturated rings. The zero-order valence-electron chi connectivity index (χ0n) is 13.3. The fourth-order valence-corrected chi connectivity index (χ4v) is 2.02. The van der Waals surface area contributed by atoms with E-state index in [2.05, 4.69) is 10.5 Å². The quantitative estimate of drug-likeness (QED) is 0.882. The first-order chi connectivity index (χ1) is 11.0. The number of nitrogens with one attached hydrogen (secondary N) is 1. The molecule has 7 heteroatoms. The van der Waals surface area contributed by atoms with Crippen LogP contribution in [-0.4, -0.2) is 42.1 Å². The number of aryl methyl sites for hydroxylation is 1. The lowest BCUT2D eigenvalue weighted by Gasteiger charge is -2.20. The van der Waals surface area contributed by atoms with Crippen LogP contribution in [0.5, 0.6) is 5.75 Å². The number of hydrogen-bond acceptors (Lipinski definition) is 5. The molecule has 0 spiro atoms. The van der Waals surface area contributed by atoms with Crippen LogP contribution < -0.4 is 10.1 Å². The predicted octanol–water partition coefficient (Wildman–Crippen LogP) is 2.09. The van der Waals surface area contributed by atoms with Gasteiger partial charge in [0, 0.05) is 18.2 Å². The van der Waals surface area contributed by atoms with Crippen LogP contribution in [0.2, 0.25) is 0 Å². The molecule has 122 valence electrons. The molecule has 0 atom stereocenters. The highest BCUT2D eigenvalue weighted by Gasteiger charge is 2.18. The number of carbonyl (C=O) groups excluding carboxylic acids is 2. The van der Waals surface area contributed by atoms with E-state index in [0.29, 0.717) is 29.4 Å². The van der Waals surface area contributed by atoms with Gasteiger partial charge in [0.25, 0.3) is 5.91 Å². The largest absolute Gasteiger partial charge is 0.497 e. The minimum Gasteiger partial charge on any atom is -0.497 e. The van der Waals surface area contributed by atoms with Crippen molar-refractivity contribution in [3.8, 4) is 5.75 Å². The summed E-state index contributed by atoms with van der Waals surface area (Å²) in [4.78, 5) is 25.9. The van der Waals surface area contributed by atoms with Gasteiger partial charge in [-0.1, -0.05) is 5.16 Å². The van der Waals surface area contributed by atoms with Gasteiger partial charge in [-0.2, -0.15) is 0 Å². The second-order valence-corrected chi connectivity index (χ2v) is 4.92. The standard InChI is InChI=1S/C16H19N3O4/c1-4-19(10-15(20)17-14-9-11(2)23-18-14)16(21)12-5-7-13(22-3)8-6-12/h5-9H,4,10H2,1-3H3,(H,17,18,20). The van der Waals surface area contributed by atoms with Crippen LogP contribution >= 0.6 is 0 Å². The van der Waals surface area contributed by atoms with E-state index in [1.54, 1.807) is 44.4 Å². The van der Waals surface area contributed by atoms with Gasteiger partial charge in [0.1, 0.15) is 18.1 Å². The molecule has 1 aromatic heterocycles. The second kappa shape index (κ2) is 7.44. The maximum Gasteiger partial charge on any atom is 0.254 e. The first-order valence-corrected chi connectivity index (χ1v) is 7.20. The van der Waals surface area contributed by atoms with Gasteiger partial charge in [0.2, 0.25) is 5.91 Å². The van der Waals surface area contributed by atoms with Gasteiger partial charge in [-0.25, -0.2) is 0 Å². The molecule has 0 unspecified atom stereocenters. The van der Waals surface area contributed by atoms with Gasteiger partial charge in [-0.15, -0.1) is 0 Å². The maximum atomic E-state index is 12.4. The van der Waals surface area contributed by atoms with Crippen LogP contribution in [0.25, 0.3) is 0 Å². The molecular formula is C16H19N3O4. The average Bonchev–Trinajstić information content (AvgIpc) is 2.96. The number of nitrogens with zero attached hydrogens (tertiary/aromatic N) is 2. The van der Waals surface area contributed by atoms with Crippen molar-refractivity contribution in [2.24, 2.45) is 0 Å². The van der Waals surface area contributed by atoms with Crippen molar-refractivity contribution in [2.45, 2.75) is 13.8 Å². The highest BCUT2D eigenvalue weighted by atomic mass is 16.5. The fourth-order valence-electron chi connectivity index (χ4n) is 2.02. The molecule has 2 rings (SSSR count). The van der Waals surface area contributed by atoms with E-state index in [9.17, 15) is 9.59 Å². The van der Waals surface area contributed by atoms with Crippen molar-refractivity contribution in [3.63, 3.8) is 0 Å². The normalized spacial score (nSPS) is 10.2. The number of amides is 2. The molecule has 0 aliphatic carbocycles. The molecule has 0 aliphatic rings. The van der Waals surface area contributed by atoms with Crippen LogP contribution in [0.3, 0.4) is 0 Å². The van der Waals surface area contributed by atoms with Crippen LogP contribution in [0, 0.1) is 6.92 Å². The van der Waals surface area contributed by atoms with Crippen molar-refractivity contribution in [3.05, 3.63) is 41.7 Å². The van der Waals surface area contributed by atoms with Gasteiger partial charge in [-0.3, -0.25) is 9.59 Å². The number of aromatic nitrogens is 1. The van der Waals surface area contributed by atoms with Gasteiger partial charge in [-0.05, 0) is 38.1 Å². The van der Waals surface area contributed by atoms with E-state index < -0.39 is 0 Å². The molecule has 2 aromatic rings. The first-order valence-electron chi connectivity index (χ1n) is 7.20. The number of hydrogen-bond donors (Lipinski definition) is 1. The lowest BCUT2D eigenvalue weighted by Crippen LogP contribution is -2.37. The van der Waals surface area contributed by atoms with E-state index in [1.165, 1.54) is 4.90 Å². The number of likely N-dealkylation sites (N-methyl/N-ethyl adjacent to an activating group) is 1. The zero-order chi connectivity index (χ0) is 16.8. The van der Waals surface area contributed by atoms with Crippen molar-refractivity contribution >= 4 is 17.6 Å². The highest BCUT2D eigenvalue weighted by molar-refractivity contribution is 5.99. The lowest BCUT2D eigenvalue weighted by molar-refractivity contribution is -0.116. The van der Waals surface area contributed by atoms with Crippen molar-refractivity contribution in [2.75, 3.05) is 25.5 Å². The number of anilines is 1. The molecule has 7 nitrogen and oxygen atoms in total. The second-order valence-electron chi connectivity index (χ2n) is 4.92. The number of ether oxygens (including phenoxy) is 1.